The Balaban J connectivity index is 2.05. The van der Waals surface area contributed by atoms with Crippen LogP contribution >= 0.6 is 0 Å². The molecule has 0 spiro atoms. The van der Waals surface area contributed by atoms with Crippen molar-refractivity contribution in [1.82, 2.24) is 10.3 Å². The van der Waals surface area contributed by atoms with E-state index in [9.17, 15) is 14.4 Å². The van der Waals surface area contributed by atoms with Crippen molar-refractivity contribution in [3.8, 4) is 0 Å². The number of hydrogen-bond donors (Lipinski definition) is 3. The van der Waals surface area contributed by atoms with Crippen LogP contribution in [0.4, 0.5) is 11.4 Å². The average Bonchev–Trinajstić information content (AvgIpc) is 2.61. The highest BCUT2D eigenvalue weighted by Gasteiger charge is 2.11. The van der Waals surface area contributed by atoms with Crippen molar-refractivity contribution in [2.45, 2.75) is 20.3 Å². The highest BCUT2D eigenvalue weighted by atomic mass is 16.2. The largest absolute Gasteiger partial charge is 0.352 e. The quantitative estimate of drug-likeness (QED) is 0.752. The summed E-state index contributed by atoms with van der Waals surface area (Å²) in [6.45, 7) is 3.95. The Labute approximate surface area is 145 Å². The Morgan fingerprint density at radius 3 is 2.04 bits per heavy atom. The molecule has 130 valence electrons. The van der Waals surface area contributed by atoms with Crippen LogP contribution in [0, 0.1) is 0 Å². The van der Waals surface area contributed by atoms with Gasteiger partial charge in [0.25, 0.3) is 11.8 Å². The lowest BCUT2D eigenvalue weighted by molar-refractivity contribution is -0.114. The van der Waals surface area contributed by atoms with Gasteiger partial charge in [0, 0.05) is 37.2 Å². The molecule has 0 saturated carbocycles. The Morgan fingerprint density at radius 1 is 0.920 bits per heavy atom. The van der Waals surface area contributed by atoms with E-state index in [-0.39, 0.29) is 23.3 Å². The van der Waals surface area contributed by atoms with E-state index < -0.39 is 0 Å². The lowest BCUT2D eigenvalue weighted by atomic mass is 10.1. The number of hydrogen-bond acceptors (Lipinski definition) is 4. The minimum Gasteiger partial charge on any atom is -0.352 e. The fraction of sp³-hybridized carbons (Fsp3) is 0.222. The molecule has 25 heavy (non-hydrogen) atoms. The molecule has 0 saturated heterocycles. The molecule has 3 amide bonds. The topological polar surface area (TPSA) is 100 Å². The zero-order valence-electron chi connectivity index (χ0n) is 14.1. The number of benzene rings is 1. The lowest BCUT2D eigenvalue weighted by Gasteiger charge is -2.08. The number of carbonyl (C=O) groups is 3. The first-order valence-electron chi connectivity index (χ1n) is 7.92. The van der Waals surface area contributed by atoms with Gasteiger partial charge in [-0.15, -0.1) is 0 Å². The molecule has 1 aromatic carbocycles. The number of aromatic nitrogens is 1. The van der Waals surface area contributed by atoms with Gasteiger partial charge in [0.05, 0.1) is 11.1 Å². The molecule has 3 N–H and O–H groups in total. The van der Waals surface area contributed by atoms with Crippen molar-refractivity contribution in [3.05, 3.63) is 53.9 Å². The third kappa shape index (κ3) is 5.42. The molecular formula is C18H20N4O3. The molecule has 0 aliphatic carbocycles. The fourth-order valence-corrected chi connectivity index (χ4v) is 2.07. The van der Waals surface area contributed by atoms with Gasteiger partial charge >= 0.3 is 0 Å². The van der Waals surface area contributed by atoms with Crippen molar-refractivity contribution in [3.63, 3.8) is 0 Å². The van der Waals surface area contributed by atoms with Gasteiger partial charge in [-0.3, -0.25) is 19.4 Å². The van der Waals surface area contributed by atoms with Gasteiger partial charge < -0.3 is 16.0 Å². The van der Waals surface area contributed by atoms with Crippen molar-refractivity contribution >= 4 is 29.1 Å². The van der Waals surface area contributed by atoms with Gasteiger partial charge in [-0.05, 0) is 36.8 Å². The molecule has 7 heteroatoms. The predicted octanol–water partition coefficient (Wildman–Crippen LogP) is 2.43. The molecule has 2 rings (SSSR count). The summed E-state index contributed by atoms with van der Waals surface area (Å²) in [6, 6.07) is 8.22. The maximum atomic E-state index is 12.3. The molecule has 0 aliphatic rings. The Morgan fingerprint density at radius 2 is 1.48 bits per heavy atom. The fourth-order valence-electron chi connectivity index (χ4n) is 2.07. The van der Waals surface area contributed by atoms with Crippen molar-refractivity contribution in [2.24, 2.45) is 0 Å². The number of anilines is 2. The van der Waals surface area contributed by atoms with E-state index in [0.29, 0.717) is 23.5 Å². The van der Waals surface area contributed by atoms with Gasteiger partial charge in [-0.25, -0.2) is 0 Å². The van der Waals surface area contributed by atoms with Crippen molar-refractivity contribution in [1.29, 1.82) is 0 Å². The second kappa shape index (κ2) is 8.58. The number of nitrogens with one attached hydrogen (secondary N) is 3. The van der Waals surface area contributed by atoms with Crippen LogP contribution in [0.3, 0.4) is 0 Å². The van der Waals surface area contributed by atoms with Crippen LogP contribution in [0.1, 0.15) is 41.0 Å². The first kappa shape index (κ1) is 18.1. The molecule has 0 bridgehead atoms. The third-order valence-electron chi connectivity index (χ3n) is 3.26. The minimum atomic E-state index is -0.370. The summed E-state index contributed by atoms with van der Waals surface area (Å²) >= 11 is 0. The van der Waals surface area contributed by atoms with Crippen LogP contribution in [0.2, 0.25) is 0 Å². The van der Waals surface area contributed by atoms with Gasteiger partial charge in [0.2, 0.25) is 5.91 Å². The van der Waals surface area contributed by atoms with Crippen LogP contribution in [0.25, 0.3) is 0 Å². The monoisotopic (exact) mass is 340 g/mol. The first-order chi connectivity index (χ1) is 12.0. The van der Waals surface area contributed by atoms with E-state index in [1.807, 2.05) is 6.92 Å². The number of pyridine rings is 1. The molecule has 0 unspecified atom stereocenters. The molecule has 0 fully saturated rings. The zero-order chi connectivity index (χ0) is 18.2. The van der Waals surface area contributed by atoms with Crippen LogP contribution in [0.5, 0.6) is 0 Å². The van der Waals surface area contributed by atoms with Gasteiger partial charge in [0.1, 0.15) is 0 Å². The summed E-state index contributed by atoms with van der Waals surface area (Å²) in [5, 5.41) is 8.11. The second-order valence-corrected chi connectivity index (χ2v) is 5.43. The van der Waals surface area contributed by atoms with E-state index in [2.05, 4.69) is 20.9 Å². The molecular weight excluding hydrogens is 320 g/mol. The SMILES string of the molecule is CCCNC(=O)c1cncc(C(=O)Nc2ccc(NC(C)=O)cc2)c1. The standard InChI is InChI=1S/C18H20N4O3/c1-3-8-20-17(24)13-9-14(11-19-10-13)18(25)22-16-6-4-15(5-7-16)21-12(2)23/h4-7,9-11H,3,8H2,1-2H3,(H,20,24)(H,21,23)(H,22,25). The number of nitrogens with zero attached hydrogens (tertiary/aromatic N) is 1. The van der Waals surface area contributed by atoms with Crippen LogP contribution in [-0.2, 0) is 4.79 Å². The molecule has 0 radical (unpaired) electrons. The molecule has 1 aromatic heterocycles. The maximum Gasteiger partial charge on any atom is 0.257 e. The normalized spacial score (nSPS) is 10.0. The van der Waals surface area contributed by atoms with Crippen LogP contribution < -0.4 is 16.0 Å². The summed E-state index contributed by atoms with van der Waals surface area (Å²) in [7, 11) is 0. The zero-order valence-corrected chi connectivity index (χ0v) is 14.1. The molecule has 1 heterocycles. The maximum absolute atomic E-state index is 12.3. The van der Waals surface area contributed by atoms with Gasteiger partial charge in [0.15, 0.2) is 0 Å². The molecule has 7 nitrogen and oxygen atoms in total. The Bertz CT molecular complexity index is 772. The molecule has 2 aromatic rings. The number of rotatable bonds is 6. The van der Waals surface area contributed by atoms with E-state index in [1.165, 1.54) is 25.4 Å². The summed E-state index contributed by atoms with van der Waals surface area (Å²) in [6.07, 6.45) is 3.65. The van der Waals surface area contributed by atoms with E-state index >= 15 is 0 Å². The van der Waals surface area contributed by atoms with Crippen LogP contribution in [0.15, 0.2) is 42.7 Å². The van der Waals surface area contributed by atoms with Crippen LogP contribution in [-0.4, -0.2) is 29.3 Å². The van der Waals surface area contributed by atoms with Crippen molar-refractivity contribution in [2.75, 3.05) is 17.2 Å². The molecule has 0 aliphatic heterocycles. The lowest BCUT2D eigenvalue weighted by Crippen LogP contribution is -2.24. The number of carbonyl (C=O) groups excluding carboxylic acids is 3. The Hall–Kier alpha value is -3.22. The third-order valence-corrected chi connectivity index (χ3v) is 3.26. The second-order valence-electron chi connectivity index (χ2n) is 5.43. The smallest absolute Gasteiger partial charge is 0.257 e. The first-order valence-corrected chi connectivity index (χ1v) is 7.92. The van der Waals surface area contributed by atoms with Crippen molar-refractivity contribution < 1.29 is 14.4 Å². The Kier molecular flexibility index (Phi) is 6.22. The summed E-state index contributed by atoms with van der Waals surface area (Å²) in [5.41, 5.74) is 1.83. The highest BCUT2D eigenvalue weighted by Crippen LogP contribution is 2.15. The number of amides is 3. The van der Waals surface area contributed by atoms with E-state index in [0.717, 1.165) is 6.42 Å². The molecule has 0 atom stereocenters. The van der Waals surface area contributed by atoms with E-state index in [1.54, 1.807) is 24.3 Å². The van der Waals surface area contributed by atoms with Gasteiger partial charge in [-0.1, -0.05) is 6.92 Å². The van der Waals surface area contributed by atoms with E-state index in [4.69, 9.17) is 0 Å². The highest BCUT2D eigenvalue weighted by molar-refractivity contribution is 6.06. The minimum absolute atomic E-state index is 0.166. The predicted molar refractivity (Wildman–Crippen MR) is 95.6 cm³/mol. The van der Waals surface area contributed by atoms with Gasteiger partial charge in [-0.2, -0.15) is 0 Å². The summed E-state index contributed by atoms with van der Waals surface area (Å²) in [4.78, 5) is 39.2. The summed E-state index contributed by atoms with van der Waals surface area (Å²) in [5.74, 6) is -0.797. The average molecular weight is 340 g/mol. The summed E-state index contributed by atoms with van der Waals surface area (Å²) < 4.78 is 0.